The van der Waals surface area contributed by atoms with E-state index < -0.39 is 0 Å². The van der Waals surface area contributed by atoms with Gasteiger partial charge in [0.1, 0.15) is 5.69 Å². The van der Waals surface area contributed by atoms with Crippen molar-refractivity contribution in [3.63, 3.8) is 0 Å². The molecule has 1 aliphatic carbocycles. The molecule has 8 nitrogen and oxygen atoms in total. The lowest BCUT2D eigenvalue weighted by molar-refractivity contribution is -0.00171. The third-order valence-electron chi connectivity index (χ3n) is 6.53. The van der Waals surface area contributed by atoms with Crippen LogP contribution in [-0.4, -0.2) is 58.0 Å². The molecule has 0 radical (unpaired) electrons. The molecule has 5 rings (SSSR count). The number of aromatic amines is 1. The Balaban J connectivity index is 0.00000274. The zero-order chi connectivity index (χ0) is 23.1. The predicted molar refractivity (Wildman–Crippen MR) is 137 cm³/mol. The molecule has 2 amide bonds. The largest absolute Gasteiger partial charge is 0.351 e. The number of H-pyrrole nitrogens is 1. The Hall–Kier alpha value is -2.17. The first kappa shape index (κ1) is 24.9. The molecule has 0 saturated heterocycles. The Morgan fingerprint density at radius 3 is 2.47 bits per heavy atom. The van der Waals surface area contributed by atoms with Crippen molar-refractivity contribution < 1.29 is 9.59 Å². The van der Waals surface area contributed by atoms with Crippen molar-refractivity contribution in [2.45, 2.75) is 50.9 Å². The van der Waals surface area contributed by atoms with Crippen molar-refractivity contribution in [2.24, 2.45) is 0 Å². The molecule has 3 N–H and O–H groups in total. The van der Waals surface area contributed by atoms with E-state index in [-0.39, 0.29) is 36.3 Å². The van der Waals surface area contributed by atoms with Crippen molar-refractivity contribution in [3.8, 4) is 0 Å². The second-order valence-electron chi connectivity index (χ2n) is 8.88. The van der Waals surface area contributed by atoms with E-state index in [0.29, 0.717) is 22.3 Å². The first-order valence-corrected chi connectivity index (χ1v) is 12.4. The van der Waals surface area contributed by atoms with Crippen LogP contribution in [-0.2, 0) is 13.1 Å². The molecule has 1 aromatic carbocycles. The van der Waals surface area contributed by atoms with Crippen LogP contribution >= 0.6 is 35.3 Å². The molecule has 1 fully saturated rings. The van der Waals surface area contributed by atoms with Crippen molar-refractivity contribution in [1.29, 1.82) is 0 Å². The maximum absolute atomic E-state index is 13.0. The zero-order valence-electron chi connectivity index (χ0n) is 19.1. The van der Waals surface area contributed by atoms with Gasteiger partial charge in [0.25, 0.3) is 11.8 Å². The van der Waals surface area contributed by atoms with Crippen LogP contribution < -0.4 is 10.6 Å². The molecular formula is C23H28Cl2N6O2S. The highest BCUT2D eigenvalue weighted by Gasteiger charge is 2.31. The minimum Gasteiger partial charge on any atom is -0.351 e. The summed E-state index contributed by atoms with van der Waals surface area (Å²) in [7, 11) is 4.04. The highest BCUT2D eigenvalue weighted by atomic mass is 35.5. The number of thiazole rings is 1. The number of benzene rings is 1. The Kier molecular flexibility index (Phi) is 7.49. The van der Waals surface area contributed by atoms with Gasteiger partial charge < -0.3 is 15.6 Å². The number of fused-ring (bicyclic) bond motifs is 2. The van der Waals surface area contributed by atoms with Crippen LogP contribution in [0, 0.1) is 0 Å². The van der Waals surface area contributed by atoms with Crippen LogP contribution in [0.1, 0.15) is 56.5 Å². The quantitative estimate of drug-likeness (QED) is 0.482. The van der Waals surface area contributed by atoms with Crippen molar-refractivity contribution in [2.75, 3.05) is 14.1 Å². The smallest absolute Gasteiger partial charge is 0.280 e. The maximum atomic E-state index is 13.0. The molecule has 2 atom stereocenters. The van der Waals surface area contributed by atoms with Crippen LogP contribution in [0.4, 0.5) is 0 Å². The number of carbonyl (C=O) groups is 2. The van der Waals surface area contributed by atoms with Gasteiger partial charge in [-0.05, 0) is 37.1 Å². The number of nitrogens with zero attached hydrogens (tertiary/aromatic N) is 3. The fourth-order valence-electron chi connectivity index (χ4n) is 4.57. The zero-order valence-corrected chi connectivity index (χ0v) is 21.4. The summed E-state index contributed by atoms with van der Waals surface area (Å²) in [4.78, 5) is 34.9. The molecule has 0 spiro atoms. The molecular weight excluding hydrogens is 495 g/mol. The number of halogens is 2. The summed E-state index contributed by atoms with van der Waals surface area (Å²) in [6.45, 7) is 1.46. The molecule has 2 aliphatic rings. The van der Waals surface area contributed by atoms with Crippen molar-refractivity contribution in [3.05, 3.63) is 50.6 Å². The number of aromatic nitrogens is 2. The second-order valence-corrected chi connectivity index (χ2v) is 10.4. The van der Waals surface area contributed by atoms with E-state index >= 15 is 0 Å². The fraction of sp³-hybridized carbons (Fsp3) is 0.435. The number of rotatable bonds is 4. The number of hydrogen-bond acceptors (Lipinski definition) is 6. The number of hydrogen-bond donors (Lipinski definition) is 3. The molecule has 0 bridgehead atoms. The molecule has 3 aromatic rings. The minimum atomic E-state index is -0.177. The lowest BCUT2D eigenvalue weighted by Crippen LogP contribution is -2.53. The Labute approximate surface area is 213 Å². The molecule has 2 aromatic heterocycles. The van der Waals surface area contributed by atoms with E-state index in [9.17, 15) is 9.59 Å². The van der Waals surface area contributed by atoms with Crippen LogP contribution in [0.2, 0.25) is 5.02 Å². The molecule has 1 aliphatic heterocycles. The summed E-state index contributed by atoms with van der Waals surface area (Å²) in [6, 6.07) is 7.04. The topological polar surface area (TPSA) is 93.4 Å². The van der Waals surface area contributed by atoms with Gasteiger partial charge in [0.15, 0.2) is 5.01 Å². The summed E-state index contributed by atoms with van der Waals surface area (Å²) in [5.74, 6) is -0.338. The molecule has 3 heterocycles. The Morgan fingerprint density at radius 1 is 1.06 bits per heavy atom. The summed E-state index contributed by atoms with van der Waals surface area (Å²) < 4.78 is 0. The Bertz CT molecular complexity index is 1180. The van der Waals surface area contributed by atoms with Crippen LogP contribution in [0.15, 0.2) is 24.3 Å². The Morgan fingerprint density at radius 2 is 1.74 bits per heavy atom. The monoisotopic (exact) mass is 522 g/mol. The maximum Gasteiger partial charge on any atom is 0.280 e. The number of carbonyl (C=O) groups excluding carboxylic acids is 2. The van der Waals surface area contributed by atoms with E-state index in [1.165, 1.54) is 11.3 Å². The lowest BCUT2D eigenvalue weighted by Gasteiger charge is -2.32. The van der Waals surface area contributed by atoms with E-state index in [1.807, 2.05) is 26.2 Å². The van der Waals surface area contributed by atoms with Gasteiger partial charge >= 0.3 is 0 Å². The molecule has 1 saturated carbocycles. The van der Waals surface area contributed by atoms with E-state index in [2.05, 4.69) is 30.6 Å². The van der Waals surface area contributed by atoms with Gasteiger partial charge in [0.05, 0.1) is 12.2 Å². The number of hydrazine groups is 1. The standard InChI is InChI=1S/C23H27ClN6O2S.ClH/c1-29-11-19-20(12-30(29)2)33-23(28-19)22(32)27-17-6-4-3-5-16(17)26-21(31)18-10-13-9-14(24)7-8-15(13)25-18;/h7-10,16-17,25H,3-6,11-12H2,1-2H3,(H,26,31)(H,27,32);1H. The van der Waals surface area contributed by atoms with Gasteiger partial charge in [-0.25, -0.2) is 15.0 Å². The molecule has 2 unspecified atom stereocenters. The molecule has 11 heteroatoms. The summed E-state index contributed by atoms with van der Waals surface area (Å²) in [5, 5.41) is 12.5. The average Bonchev–Trinajstić information content (AvgIpc) is 3.39. The first-order valence-electron chi connectivity index (χ1n) is 11.2. The summed E-state index contributed by atoms with van der Waals surface area (Å²) in [6.07, 6.45) is 3.69. The minimum absolute atomic E-state index is 0. The number of nitrogens with one attached hydrogen (secondary N) is 3. The predicted octanol–water partition coefficient (Wildman–Crippen LogP) is 3.96. The highest BCUT2D eigenvalue weighted by Crippen LogP contribution is 2.27. The first-order chi connectivity index (χ1) is 15.9. The van der Waals surface area contributed by atoms with Gasteiger partial charge in [-0.3, -0.25) is 9.59 Å². The number of amides is 2. The summed E-state index contributed by atoms with van der Waals surface area (Å²) >= 11 is 7.52. The fourth-order valence-corrected chi connectivity index (χ4v) is 5.77. The van der Waals surface area contributed by atoms with Gasteiger partial charge in [0, 0.05) is 53.5 Å². The lowest BCUT2D eigenvalue weighted by atomic mass is 9.90. The van der Waals surface area contributed by atoms with Crippen LogP contribution in [0.25, 0.3) is 10.9 Å². The molecule has 182 valence electrons. The van der Waals surface area contributed by atoms with Gasteiger partial charge in [-0.15, -0.1) is 23.7 Å². The van der Waals surface area contributed by atoms with Gasteiger partial charge in [-0.2, -0.15) is 0 Å². The summed E-state index contributed by atoms with van der Waals surface area (Å²) in [5.41, 5.74) is 2.32. The van der Waals surface area contributed by atoms with E-state index in [1.54, 1.807) is 12.1 Å². The normalized spacial score (nSPS) is 21.0. The SMILES string of the molecule is CN1Cc2nc(C(=O)NC3CCCCC3NC(=O)c3cc4cc(Cl)ccc4[nH]3)sc2CN1C.Cl. The highest BCUT2D eigenvalue weighted by molar-refractivity contribution is 7.13. The van der Waals surface area contributed by atoms with Gasteiger partial charge in [0.2, 0.25) is 0 Å². The van der Waals surface area contributed by atoms with Crippen molar-refractivity contribution >= 4 is 58.1 Å². The van der Waals surface area contributed by atoms with E-state index in [0.717, 1.165) is 53.7 Å². The van der Waals surface area contributed by atoms with E-state index in [4.69, 9.17) is 11.6 Å². The van der Waals surface area contributed by atoms with Crippen LogP contribution in [0.5, 0.6) is 0 Å². The van der Waals surface area contributed by atoms with Crippen molar-refractivity contribution in [1.82, 2.24) is 30.6 Å². The molecule has 34 heavy (non-hydrogen) atoms. The van der Waals surface area contributed by atoms with Crippen LogP contribution in [0.3, 0.4) is 0 Å². The second kappa shape index (κ2) is 10.2. The average molecular weight is 523 g/mol. The van der Waals surface area contributed by atoms with Gasteiger partial charge in [-0.1, -0.05) is 24.4 Å². The third-order valence-corrected chi connectivity index (χ3v) is 7.85. The third kappa shape index (κ3) is 5.08.